The van der Waals surface area contributed by atoms with Crippen LogP contribution in [0.2, 0.25) is 0 Å². The molecule has 16 nitrogen and oxygen atoms in total. The fraction of sp³-hybridized carbons (Fsp3) is 0.353. The van der Waals surface area contributed by atoms with Crippen LogP contribution in [0, 0.1) is 23.3 Å². The van der Waals surface area contributed by atoms with E-state index < -0.39 is 59.1 Å². The van der Waals surface area contributed by atoms with Crippen LogP contribution in [0.5, 0.6) is 0 Å². The fourth-order valence-electron chi connectivity index (χ4n) is 7.43. The molecule has 3 atom stereocenters. The van der Waals surface area contributed by atoms with E-state index in [2.05, 4.69) is 48.6 Å². The monoisotopic (exact) mass is 878 g/mol. The van der Waals surface area contributed by atoms with Crippen LogP contribution in [0.3, 0.4) is 0 Å². The SMILES string of the molecule is O=S(=O)(Nc1ncns1)c1cc(F)c(CN2CCC(c3nsc(NS(=O)(=O)c4cc(F)c(CN5CCCC[C@@H]5c5ccn[nH]5)cc4F)n3)C[C@H]2c2ccn[nH]2)cc1F. The number of likely N-dealkylation sites (tertiary alicyclic amines) is 2. The molecule has 0 aliphatic carbocycles. The second-order valence-corrected chi connectivity index (χ2v) is 18.7. The van der Waals surface area contributed by atoms with Gasteiger partial charge in [-0.05, 0) is 75.2 Å². The number of nitrogens with zero attached hydrogens (tertiary/aromatic N) is 8. The number of sulfonamides is 2. The van der Waals surface area contributed by atoms with E-state index in [1.807, 2.05) is 15.9 Å². The molecule has 8 rings (SSSR count). The average molecular weight is 879 g/mol. The summed E-state index contributed by atoms with van der Waals surface area (Å²) in [6, 6.07) is 6.11. The van der Waals surface area contributed by atoms with Crippen LogP contribution in [0.1, 0.15) is 78.4 Å². The van der Waals surface area contributed by atoms with Crippen LogP contribution in [0.25, 0.3) is 0 Å². The van der Waals surface area contributed by atoms with Crippen LogP contribution in [0.15, 0.2) is 64.9 Å². The highest BCUT2D eigenvalue weighted by Gasteiger charge is 2.35. The highest BCUT2D eigenvalue weighted by Crippen LogP contribution is 2.40. The Balaban J connectivity index is 0.951. The van der Waals surface area contributed by atoms with Gasteiger partial charge in [-0.25, -0.2) is 44.4 Å². The first-order chi connectivity index (χ1) is 27.8. The molecule has 306 valence electrons. The van der Waals surface area contributed by atoms with Crippen molar-refractivity contribution < 1.29 is 34.4 Å². The second-order valence-electron chi connectivity index (χ2n) is 13.9. The Morgan fingerprint density at radius 1 is 0.724 bits per heavy atom. The Labute approximate surface area is 337 Å². The summed E-state index contributed by atoms with van der Waals surface area (Å²) in [6.45, 7) is 0.957. The van der Waals surface area contributed by atoms with Crippen LogP contribution >= 0.6 is 23.1 Å². The summed E-state index contributed by atoms with van der Waals surface area (Å²) in [5.74, 6) is -4.09. The molecule has 2 aliphatic rings. The standard InChI is InChI=1S/C34H34F4N12O4S4/c35-22-15-31(25(38)11-20(22)16-49-9-2-1-3-28(49)26-4-7-40-44-26)58(53,54)48-34-43-32(46-56-34)19-6-10-50(29(13-19)27-5-8-41-45-27)17-21-12-24(37)30(14-23(21)36)57(51,52)47-33-39-18-42-55-33/h4-5,7-8,11-12,14-15,18-19,28-29H,1-3,6,9-10,13,16-17H2,(H,40,44)(H,41,45)(H,39,42,47)(H,43,46,48)/t19?,28-,29+/m1/s1. The molecular formula is C34H34F4N12O4S4. The Morgan fingerprint density at radius 3 is 1.91 bits per heavy atom. The van der Waals surface area contributed by atoms with E-state index in [0.29, 0.717) is 49.6 Å². The number of anilines is 2. The maximum Gasteiger partial charge on any atom is 0.266 e. The molecule has 58 heavy (non-hydrogen) atoms. The lowest BCUT2D eigenvalue weighted by atomic mass is 9.88. The minimum absolute atomic E-state index is 0.0231. The van der Waals surface area contributed by atoms with Gasteiger partial charge in [-0.3, -0.25) is 29.4 Å². The van der Waals surface area contributed by atoms with E-state index >= 15 is 17.6 Å². The zero-order chi connectivity index (χ0) is 40.6. The predicted molar refractivity (Wildman–Crippen MR) is 203 cm³/mol. The lowest BCUT2D eigenvalue weighted by Crippen LogP contribution is -2.36. The van der Waals surface area contributed by atoms with Crippen molar-refractivity contribution in [3.05, 3.63) is 107 Å². The van der Waals surface area contributed by atoms with Gasteiger partial charge >= 0.3 is 0 Å². The molecule has 0 bridgehead atoms. The van der Waals surface area contributed by atoms with Gasteiger partial charge in [-0.2, -0.15) is 18.9 Å². The molecule has 4 N–H and O–H groups in total. The van der Waals surface area contributed by atoms with Gasteiger partial charge in [-0.15, -0.1) is 0 Å². The summed E-state index contributed by atoms with van der Waals surface area (Å²) >= 11 is 1.48. The summed E-state index contributed by atoms with van der Waals surface area (Å²) in [5, 5.41) is 13.6. The van der Waals surface area contributed by atoms with Crippen molar-refractivity contribution in [1.82, 2.24) is 48.9 Å². The minimum atomic E-state index is -4.62. The summed E-state index contributed by atoms with van der Waals surface area (Å²) in [6.07, 6.45) is 7.74. The van der Waals surface area contributed by atoms with Crippen molar-refractivity contribution in [2.45, 2.75) is 73.0 Å². The summed E-state index contributed by atoms with van der Waals surface area (Å²) in [5.41, 5.74) is 1.46. The van der Waals surface area contributed by atoms with Gasteiger partial charge in [0.2, 0.25) is 10.3 Å². The molecule has 0 amide bonds. The molecule has 2 aromatic carbocycles. The van der Waals surface area contributed by atoms with Gasteiger partial charge in [0, 0.05) is 65.6 Å². The smallest absolute Gasteiger partial charge is 0.266 e. The average Bonchev–Trinajstić information content (AvgIpc) is 4.04. The number of rotatable bonds is 13. The zero-order valence-corrected chi connectivity index (χ0v) is 33.4. The van der Waals surface area contributed by atoms with E-state index in [0.717, 1.165) is 66.5 Å². The van der Waals surface area contributed by atoms with E-state index in [9.17, 15) is 16.8 Å². The number of hydrogen-bond acceptors (Lipinski definition) is 14. The Bertz CT molecular complexity index is 2600. The van der Waals surface area contributed by atoms with Crippen LogP contribution in [-0.4, -0.2) is 78.8 Å². The molecule has 0 saturated carbocycles. The normalized spacial score (nSPS) is 19.7. The highest BCUT2D eigenvalue weighted by atomic mass is 32.2. The Hall–Kier alpha value is -4.88. The topological polar surface area (TPSA) is 208 Å². The lowest BCUT2D eigenvalue weighted by molar-refractivity contribution is 0.120. The molecule has 2 aliphatic heterocycles. The molecule has 0 spiro atoms. The van der Waals surface area contributed by atoms with Gasteiger partial charge < -0.3 is 0 Å². The molecule has 4 aromatic heterocycles. The molecule has 6 heterocycles. The largest absolute Gasteiger partial charge is 0.290 e. The van der Waals surface area contributed by atoms with E-state index in [-0.39, 0.29) is 46.4 Å². The number of aromatic nitrogens is 8. The fourth-order valence-corrected chi connectivity index (χ4v) is 11.1. The quantitative estimate of drug-likeness (QED) is 0.101. The van der Waals surface area contributed by atoms with Crippen molar-refractivity contribution in [3.63, 3.8) is 0 Å². The zero-order valence-electron chi connectivity index (χ0n) is 30.1. The van der Waals surface area contributed by atoms with Gasteiger partial charge in [0.05, 0.1) is 23.5 Å². The third kappa shape index (κ3) is 8.47. The molecule has 2 fully saturated rings. The van der Waals surface area contributed by atoms with Crippen molar-refractivity contribution in [3.8, 4) is 0 Å². The maximum atomic E-state index is 15.5. The van der Waals surface area contributed by atoms with Crippen molar-refractivity contribution in [2.24, 2.45) is 0 Å². The second kappa shape index (κ2) is 16.4. The van der Waals surface area contributed by atoms with Crippen LogP contribution in [0.4, 0.5) is 27.8 Å². The predicted octanol–water partition coefficient (Wildman–Crippen LogP) is 5.84. The van der Waals surface area contributed by atoms with Crippen molar-refractivity contribution in [2.75, 3.05) is 22.5 Å². The summed E-state index contributed by atoms with van der Waals surface area (Å²) < 4.78 is 126. The summed E-state index contributed by atoms with van der Waals surface area (Å²) in [7, 11) is -9.12. The van der Waals surface area contributed by atoms with E-state index in [1.165, 1.54) is 6.20 Å². The number of nitrogens with one attached hydrogen (secondary N) is 4. The third-order valence-electron chi connectivity index (χ3n) is 10.2. The summed E-state index contributed by atoms with van der Waals surface area (Å²) in [4.78, 5) is 10.2. The first kappa shape index (κ1) is 39.9. The molecular weight excluding hydrogens is 845 g/mol. The highest BCUT2D eigenvalue weighted by molar-refractivity contribution is 7.93. The van der Waals surface area contributed by atoms with Gasteiger partial charge in [0.25, 0.3) is 20.0 Å². The Morgan fingerprint density at radius 2 is 1.33 bits per heavy atom. The number of piperidine rings is 2. The molecule has 2 saturated heterocycles. The minimum Gasteiger partial charge on any atom is -0.290 e. The number of hydrogen-bond donors (Lipinski definition) is 4. The number of aromatic amines is 2. The van der Waals surface area contributed by atoms with Gasteiger partial charge in [0.1, 0.15) is 45.2 Å². The first-order valence-electron chi connectivity index (χ1n) is 17.9. The Kier molecular flexibility index (Phi) is 11.3. The first-order valence-corrected chi connectivity index (χ1v) is 22.4. The van der Waals surface area contributed by atoms with Gasteiger partial charge in [-0.1, -0.05) is 6.42 Å². The molecule has 6 aromatic rings. The number of benzene rings is 2. The van der Waals surface area contributed by atoms with Gasteiger partial charge in [0.15, 0.2) is 0 Å². The number of halogens is 4. The molecule has 24 heteroatoms. The molecule has 0 radical (unpaired) electrons. The number of H-pyrrole nitrogens is 2. The van der Waals surface area contributed by atoms with Crippen molar-refractivity contribution >= 4 is 53.4 Å². The maximum absolute atomic E-state index is 15.5. The van der Waals surface area contributed by atoms with Crippen LogP contribution < -0.4 is 9.44 Å². The van der Waals surface area contributed by atoms with E-state index in [4.69, 9.17) is 0 Å². The lowest BCUT2D eigenvalue weighted by Gasteiger charge is -2.38. The third-order valence-corrected chi connectivity index (χ3v) is 14.4. The van der Waals surface area contributed by atoms with E-state index in [1.54, 1.807) is 12.3 Å². The van der Waals surface area contributed by atoms with Crippen molar-refractivity contribution in [1.29, 1.82) is 0 Å². The molecule has 1 unspecified atom stereocenters. The van der Waals surface area contributed by atoms with Crippen LogP contribution in [-0.2, 0) is 33.1 Å².